The highest BCUT2D eigenvalue weighted by atomic mass is 16.7. The van der Waals surface area contributed by atoms with Crippen LogP contribution in [0.5, 0.6) is 17.2 Å². The topological polar surface area (TPSA) is 146 Å². The van der Waals surface area contributed by atoms with Crippen LogP contribution in [-0.4, -0.2) is 63.3 Å². The quantitative estimate of drug-likeness (QED) is 0.440. The number of fused-ring (bicyclic) bond motifs is 4. The van der Waals surface area contributed by atoms with Gasteiger partial charge in [0.25, 0.3) is 5.91 Å². The number of aliphatic hydroxyl groups excluding tert-OH is 3. The molecule has 2 aromatic carbocycles. The molecule has 9 nitrogen and oxygen atoms in total. The smallest absolute Gasteiger partial charge is 0.255 e. The van der Waals surface area contributed by atoms with Crippen molar-refractivity contribution in [3.63, 3.8) is 0 Å². The van der Waals surface area contributed by atoms with Crippen LogP contribution in [0.1, 0.15) is 38.6 Å². The molecular weight excluding hydrogens is 406 g/mol. The monoisotopic (exact) mass is 427 g/mol. The summed E-state index contributed by atoms with van der Waals surface area (Å²) in [6.45, 7) is -0.124. The van der Waals surface area contributed by atoms with Gasteiger partial charge < -0.3 is 35.2 Å². The molecule has 1 amide bonds. The number of nitrogens with one attached hydrogen (secondary N) is 1. The minimum atomic E-state index is -1.56. The summed E-state index contributed by atoms with van der Waals surface area (Å²) in [6.07, 6.45) is -4.59. The predicted octanol–water partition coefficient (Wildman–Crippen LogP) is 0.302. The number of phenolic OH excluding ortho intramolecular Hbond substituents is 1. The van der Waals surface area contributed by atoms with Crippen molar-refractivity contribution < 1.29 is 39.5 Å². The van der Waals surface area contributed by atoms with Crippen LogP contribution in [0.2, 0.25) is 0 Å². The Kier molecular flexibility index (Phi) is 4.62. The number of ketones is 1. The molecule has 9 heteroatoms. The number of carbonyl (C=O) groups is 2. The van der Waals surface area contributed by atoms with Gasteiger partial charge in [0.05, 0.1) is 17.7 Å². The molecule has 1 fully saturated rings. The van der Waals surface area contributed by atoms with Crippen molar-refractivity contribution in [3.8, 4) is 17.2 Å². The van der Waals surface area contributed by atoms with E-state index < -0.39 is 47.8 Å². The molecule has 1 saturated carbocycles. The molecule has 0 bridgehead atoms. The highest BCUT2D eigenvalue weighted by Crippen LogP contribution is 2.52. The summed E-state index contributed by atoms with van der Waals surface area (Å²) in [6, 6.07) is 9.10. The number of hydrogen-bond acceptors (Lipinski definition) is 8. The molecule has 2 aliphatic heterocycles. The molecule has 31 heavy (non-hydrogen) atoms. The van der Waals surface area contributed by atoms with Crippen molar-refractivity contribution in [2.45, 2.75) is 36.7 Å². The fraction of sp³-hybridized carbons (Fsp3) is 0.364. The van der Waals surface area contributed by atoms with Gasteiger partial charge in [-0.2, -0.15) is 0 Å². The maximum absolute atomic E-state index is 12.9. The molecule has 5 N–H and O–H groups in total. The third-order valence-corrected chi connectivity index (χ3v) is 6.42. The lowest BCUT2D eigenvalue weighted by atomic mass is 9.64. The van der Waals surface area contributed by atoms with E-state index in [0.29, 0.717) is 11.1 Å². The van der Waals surface area contributed by atoms with Gasteiger partial charge in [-0.3, -0.25) is 9.59 Å². The number of carbonyl (C=O) groups excluding carboxylic acids is 2. The Morgan fingerprint density at radius 2 is 1.81 bits per heavy atom. The Bertz CT molecular complexity index is 1060. The molecule has 6 atom stereocenters. The lowest BCUT2D eigenvalue weighted by molar-refractivity contribution is -0.130. The summed E-state index contributed by atoms with van der Waals surface area (Å²) in [4.78, 5) is 25.7. The first kappa shape index (κ1) is 19.8. The molecule has 5 rings (SSSR count). The molecular formula is C22H21NO8. The molecule has 2 heterocycles. The zero-order valence-corrected chi connectivity index (χ0v) is 16.3. The second-order valence-corrected chi connectivity index (χ2v) is 8.08. The lowest BCUT2D eigenvalue weighted by Crippen LogP contribution is -2.64. The Morgan fingerprint density at radius 3 is 2.55 bits per heavy atom. The second-order valence-electron chi connectivity index (χ2n) is 8.08. The highest BCUT2D eigenvalue weighted by Gasteiger charge is 2.54. The van der Waals surface area contributed by atoms with E-state index in [1.54, 1.807) is 30.3 Å². The van der Waals surface area contributed by atoms with Crippen LogP contribution in [0.15, 0.2) is 36.4 Å². The van der Waals surface area contributed by atoms with Gasteiger partial charge in [-0.25, -0.2) is 0 Å². The number of rotatable bonds is 3. The normalized spacial score (nSPS) is 30.9. The van der Waals surface area contributed by atoms with Gasteiger partial charge >= 0.3 is 0 Å². The lowest BCUT2D eigenvalue weighted by Gasteiger charge is -2.49. The first-order chi connectivity index (χ1) is 14.9. The minimum absolute atomic E-state index is 0.0428. The summed E-state index contributed by atoms with van der Waals surface area (Å²) in [5.41, 5.74) is 0.713. The zero-order chi connectivity index (χ0) is 21.9. The summed E-state index contributed by atoms with van der Waals surface area (Å²) < 4.78 is 10.6. The van der Waals surface area contributed by atoms with Crippen LogP contribution in [0.25, 0.3) is 0 Å². The van der Waals surface area contributed by atoms with E-state index in [9.17, 15) is 30.0 Å². The van der Waals surface area contributed by atoms with Crippen molar-refractivity contribution in [3.05, 3.63) is 53.1 Å². The summed E-state index contributed by atoms with van der Waals surface area (Å²) in [7, 11) is 0. The molecule has 162 valence electrons. The van der Waals surface area contributed by atoms with Crippen LogP contribution >= 0.6 is 0 Å². The average molecular weight is 427 g/mol. The van der Waals surface area contributed by atoms with E-state index >= 15 is 0 Å². The second kappa shape index (κ2) is 7.23. The van der Waals surface area contributed by atoms with Gasteiger partial charge in [0, 0.05) is 23.8 Å². The van der Waals surface area contributed by atoms with Crippen LogP contribution in [0, 0.1) is 5.92 Å². The molecule has 3 aliphatic rings. The number of ether oxygens (including phenoxy) is 2. The standard InChI is InChI=1S/C22H21NO8/c24-12(9-4-2-1-3-5-9)6-11-14-10-7-13-21(31-8-30-13)18(26)15(10)22(29)23-16(14)19(27)20(28)17(11)25/h1-5,7,11,14,16-17,19-20,25-28H,6,8H2,(H,23,29)/t11-,14+,16-,17+,19+,20-/m1/s1. The first-order valence-electron chi connectivity index (χ1n) is 9.97. The van der Waals surface area contributed by atoms with Gasteiger partial charge in [-0.1, -0.05) is 30.3 Å². The first-order valence-corrected chi connectivity index (χ1v) is 9.97. The minimum Gasteiger partial charge on any atom is -0.504 e. The molecule has 2 aromatic rings. The molecule has 1 aliphatic carbocycles. The van der Waals surface area contributed by atoms with Gasteiger partial charge in [0.2, 0.25) is 12.5 Å². The van der Waals surface area contributed by atoms with Crippen LogP contribution < -0.4 is 14.8 Å². The Balaban J connectivity index is 1.61. The SMILES string of the molecule is O=C(C[C@H]1[C@H](O)[C@@H](O)[C@@H](O)[C@@H]2NC(=O)c3c(cc4c(c3O)OCO4)[C@@H]12)c1ccccc1. The fourth-order valence-corrected chi connectivity index (χ4v) is 4.93. The van der Waals surface area contributed by atoms with E-state index in [2.05, 4.69) is 5.32 Å². The number of amides is 1. The molecule has 0 spiro atoms. The maximum atomic E-state index is 12.9. The van der Waals surface area contributed by atoms with Gasteiger partial charge in [0.15, 0.2) is 17.3 Å². The average Bonchev–Trinajstić information content (AvgIpc) is 3.25. The summed E-state index contributed by atoms with van der Waals surface area (Å²) in [5, 5.41) is 45.1. The fourth-order valence-electron chi connectivity index (χ4n) is 4.93. The molecule has 0 aromatic heterocycles. The van der Waals surface area contributed by atoms with Crippen molar-refractivity contribution >= 4 is 11.7 Å². The molecule has 0 saturated heterocycles. The Labute approximate surface area is 176 Å². The summed E-state index contributed by atoms with van der Waals surface area (Å²) >= 11 is 0. The number of aromatic hydroxyl groups is 1. The number of aliphatic hydroxyl groups is 3. The third kappa shape index (κ3) is 2.96. The van der Waals surface area contributed by atoms with Gasteiger partial charge in [-0.05, 0) is 11.6 Å². The van der Waals surface area contributed by atoms with Crippen LogP contribution in [0.4, 0.5) is 0 Å². The number of phenols is 1. The largest absolute Gasteiger partial charge is 0.504 e. The summed E-state index contributed by atoms with van der Waals surface area (Å²) in [5.74, 6) is -2.62. The highest BCUT2D eigenvalue weighted by molar-refractivity contribution is 6.02. The molecule has 0 radical (unpaired) electrons. The third-order valence-electron chi connectivity index (χ3n) is 6.42. The van der Waals surface area contributed by atoms with Crippen molar-refractivity contribution in [2.75, 3.05) is 6.79 Å². The Hall–Kier alpha value is -3.14. The molecule has 0 unspecified atom stereocenters. The van der Waals surface area contributed by atoms with E-state index in [4.69, 9.17) is 9.47 Å². The number of hydrogen-bond donors (Lipinski definition) is 5. The number of Topliss-reactive ketones (excluding diaryl/α,β-unsaturated/α-hetero) is 1. The van der Waals surface area contributed by atoms with Crippen molar-refractivity contribution in [1.82, 2.24) is 5.32 Å². The van der Waals surface area contributed by atoms with Crippen molar-refractivity contribution in [2.24, 2.45) is 5.92 Å². The van der Waals surface area contributed by atoms with E-state index in [-0.39, 0.29) is 36.1 Å². The maximum Gasteiger partial charge on any atom is 0.255 e. The van der Waals surface area contributed by atoms with Crippen molar-refractivity contribution in [1.29, 1.82) is 0 Å². The van der Waals surface area contributed by atoms with Gasteiger partial charge in [-0.15, -0.1) is 0 Å². The van der Waals surface area contributed by atoms with E-state index in [1.165, 1.54) is 6.07 Å². The zero-order valence-electron chi connectivity index (χ0n) is 16.3. The van der Waals surface area contributed by atoms with E-state index in [1.807, 2.05) is 0 Å². The van der Waals surface area contributed by atoms with Crippen LogP contribution in [0.3, 0.4) is 0 Å². The number of benzene rings is 2. The Morgan fingerprint density at radius 1 is 1.06 bits per heavy atom. The predicted molar refractivity (Wildman–Crippen MR) is 105 cm³/mol. The van der Waals surface area contributed by atoms with Crippen LogP contribution in [-0.2, 0) is 0 Å². The van der Waals surface area contributed by atoms with Gasteiger partial charge in [0.1, 0.15) is 12.2 Å². The van der Waals surface area contributed by atoms with E-state index in [0.717, 1.165) is 0 Å².